The molecular formula is C22H22ClN3O3S. The number of rotatable bonds is 6. The zero-order valence-corrected chi connectivity index (χ0v) is 18.0. The maximum Gasteiger partial charge on any atom is 0.240 e. The van der Waals surface area contributed by atoms with E-state index in [0.29, 0.717) is 30.4 Å². The smallest absolute Gasteiger partial charge is 0.240 e. The van der Waals surface area contributed by atoms with Gasteiger partial charge in [0.15, 0.2) is 0 Å². The van der Waals surface area contributed by atoms with Crippen LogP contribution in [0.15, 0.2) is 71.8 Å². The zero-order valence-electron chi connectivity index (χ0n) is 16.5. The summed E-state index contributed by atoms with van der Waals surface area (Å²) in [5.41, 5.74) is 3.06. The summed E-state index contributed by atoms with van der Waals surface area (Å²) in [6, 6.07) is 17.6. The number of hydrogen-bond donors (Lipinski definition) is 1. The molecule has 0 saturated heterocycles. The average Bonchev–Trinajstić information content (AvgIpc) is 2.74. The number of nitrogens with zero attached hydrogens (tertiary/aromatic N) is 2. The number of aromatic nitrogens is 1. The van der Waals surface area contributed by atoms with Gasteiger partial charge in [-0.15, -0.1) is 0 Å². The molecule has 1 aliphatic rings. The monoisotopic (exact) mass is 443 g/mol. The van der Waals surface area contributed by atoms with Crippen molar-refractivity contribution < 1.29 is 13.2 Å². The van der Waals surface area contributed by atoms with E-state index in [-0.39, 0.29) is 10.9 Å². The predicted molar refractivity (Wildman–Crippen MR) is 118 cm³/mol. The van der Waals surface area contributed by atoms with E-state index in [2.05, 4.69) is 14.6 Å². The van der Waals surface area contributed by atoms with Crippen molar-refractivity contribution >= 4 is 27.3 Å². The first-order valence-corrected chi connectivity index (χ1v) is 11.4. The third-order valence-corrected chi connectivity index (χ3v) is 6.82. The Morgan fingerprint density at radius 3 is 2.67 bits per heavy atom. The van der Waals surface area contributed by atoms with Gasteiger partial charge in [-0.2, -0.15) is 0 Å². The van der Waals surface area contributed by atoms with Gasteiger partial charge in [0.25, 0.3) is 0 Å². The molecule has 1 aliphatic heterocycles. The quantitative estimate of drug-likeness (QED) is 0.629. The Hall–Kier alpha value is -2.61. The molecule has 2 heterocycles. The Bertz CT molecular complexity index is 1120. The Labute approximate surface area is 181 Å². The second-order valence-corrected chi connectivity index (χ2v) is 9.35. The number of methoxy groups -OCH3 is 1. The Morgan fingerprint density at radius 1 is 1.17 bits per heavy atom. The number of ether oxygens (including phenoxy) is 1. The topological polar surface area (TPSA) is 71.5 Å². The Morgan fingerprint density at radius 2 is 1.97 bits per heavy atom. The molecule has 0 saturated carbocycles. The van der Waals surface area contributed by atoms with E-state index in [9.17, 15) is 8.42 Å². The fourth-order valence-electron chi connectivity index (χ4n) is 3.68. The first-order valence-electron chi connectivity index (χ1n) is 9.54. The molecule has 0 radical (unpaired) electrons. The minimum Gasteiger partial charge on any atom is -0.481 e. The first kappa shape index (κ1) is 20.7. The van der Waals surface area contributed by atoms with Crippen LogP contribution in [0.5, 0.6) is 5.88 Å². The van der Waals surface area contributed by atoms with E-state index in [1.54, 1.807) is 43.6 Å². The van der Waals surface area contributed by atoms with Crippen LogP contribution in [0.1, 0.15) is 11.1 Å². The maximum absolute atomic E-state index is 12.8. The van der Waals surface area contributed by atoms with Crippen LogP contribution in [0.4, 0.5) is 5.69 Å². The molecular weight excluding hydrogens is 422 g/mol. The highest BCUT2D eigenvalue weighted by atomic mass is 35.5. The maximum atomic E-state index is 12.8. The number of anilines is 1. The molecule has 1 atom stereocenters. The van der Waals surface area contributed by atoms with E-state index in [1.165, 1.54) is 0 Å². The molecule has 6 nitrogen and oxygen atoms in total. The second-order valence-electron chi connectivity index (χ2n) is 7.20. The van der Waals surface area contributed by atoms with Gasteiger partial charge in [0.05, 0.1) is 12.0 Å². The molecule has 2 aromatic carbocycles. The van der Waals surface area contributed by atoms with Crippen molar-refractivity contribution in [2.24, 2.45) is 0 Å². The summed E-state index contributed by atoms with van der Waals surface area (Å²) in [7, 11) is -2.04. The van der Waals surface area contributed by atoms with Crippen molar-refractivity contribution in [1.82, 2.24) is 9.71 Å². The highest BCUT2D eigenvalue weighted by molar-refractivity contribution is 7.89. The summed E-state index contributed by atoms with van der Waals surface area (Å²) in [6.45, 7) is 1.13. The summed E-state index contributed by atoms with van der Waals surface area (Å²) in [5, 5.41) is 0.631. The minimum atomic E-state index is -3.62. The number of hydrogen-bond acceptors (Lipinski definition) is 5. The van der Waals surface area contributed by atoms with Gasteiger partial charge in [-0.05, 0) is 47.9 Å². The number of halogens is 1. The van der Waals surface area contributed by atoms with E-state index in [1.807, 2.05) is 30.3 Å². The van der Waals surface area contributed by atoms with Gasteiger partial charge in [-0.25, -0.2) is 18.1 Å². The molecule has 156 valence electrons. The van der Waals surface area contributed by atoms with Gasteiger partial charge in [0.2, 0.25) is 15.9 Å². The summed E-state index contributed by atoms with van der Waals surface area (Å²) in [5.74, 6) is 0.554. The average molecular weight is 444 g/mol. The third-order valence-electron chi connectivity index (χ3n) is 5.04. The first-order chi connectivity index (χ1) is 14.4. The largest absolute Gasteiger partial charge is 0.481 e. The predicted octanol–water partition coefficient (Wildman–Crippen LogP) is 3.65. The van der Waals surface area contributed by atoms with E-state index < -0.39 is 10.0 Å². The summed E-state index contributed by atoms with van der Waals surface area (Å²) < 4.78 is 33.7. The summed E-state index contributed by atoms with van der Waals surface area (Å²) in [6.07, 6.45) is 2.34. The standard InChI is InChI=1S/C22H22ClN3O3S/c1-29-22-10-7-16(13-24-22)14-26-15-19(12-17-11-18(23)8-9-21(17)26)25-30(27,28)20-5-3-2-4-6-20/h2-11,13,19,25H,12,14-15H2,1H3. The van der Waals surface area contributed by atoms with E-state index in [0.717, 1.165) is 16.8 Å². The number of sulfonamides is 1. The van der Waals surface area contributed by atoms with Crippen molar-refractivity contribution in [3.05, 3.63) is 83.0 Å². The molecule has 1 unspecified atom stereocenters. The lowest BCUT2D eigenvalue weighted by molar-refractivity contribution is 0.397. The molecule has 0 amide bonds. The molecule has 3 aromatic rings. The van der Waals surface area contributed by atoms with Crippen molar-refractivity contribution in [3.63, 3.8) is 0 Å². The molecule has 30 heavy (non-hydrogen) atoms. The Kier molecular flexibility index (Phi) is 5.94. The number of nitrogens with one attached hydrogen (secondary N) is 1. The van der Waals surface area contributed by atoms with Gasteiger partial charge < -0.3 is 9.64 Å². The number of fused-ring (bicyclic) bond motifs is 1. The highest BCUT2D eigenvalue weighted by Gasteiger charge is 2.28. The molecule has 1 N–H and O–H groups in total. The molecule has 0 spiro atoms. The normalized spacial score (nSPS) is 16.2. The van der Waals surface area contributed by atoms with Crippen molar-refractivity contribution in [1.29, 1.82) is 0 Å². The van der Waals surface area contributed by atoms with Gasteiger partial charge >= 0.3 is 0 Å². The fourth-order valence-corrected chi connectivity index (χ4v) is 5.12. The lowest BCUT2D eigenvalue weighted by Crippen LogP contribution is -2.48. The molecule has 4 rings (SSSR count). The van der Waals surface area contributed by atoms with Crippen molar-refractivity contribution in [2.75, 3.05) is 18.6 Å². The number of benzene rings is 2. The lowest BCUT2D eigenvalue weighted by Gasteiger charge is -2.36. The van der Waals surface area contributed by atoms with E-state index in [4.69, 9.17) is 16.3 Å². The van der Waals surface area contributed by atoms with Crippen LogP contribution < -0.4 is 14.4 Å². The van der Waals surface area contributed by atoms with Gasteiger partial charge in [0.1, 0.15) is 0 Å². The van der Waals surface area contributed by atoms with Crippen molar-refractivity contribution in [3.8, 4) is 5.88 Å². The molecule has 0 fully saturated rings. The van der Waals surface area contributed by atoms with Crippen LogP contribution in [0.3, 0.4) is 0 Å². The lowest BCUT2D eigenvalue weighted by atomic mass is 9.98. The SMILES string of the molecule is COc1ccc(CN2CC(NS(=O)(=O)c3ccccc3)Cc3cc(Cl)ccc32)cn1. The molecule has 1 aromatic heterocycles. The second kappa shape index (κ2) is 8.63. The Balaban J connectivity index is 1.60. The molecule has 8 heteroatoms. The van der Waals surface area contributed by atoms with Gasteiger partial charge in [-0.3, -0.25) is 0 Å². The van der Waals surface area contributed by atoms with Crippen molar-refractivity contribution in [2.45, 2.75) is 23.9 Å². The zero-order chi connectivity index (χ0) is 21.1. The highest BCUT2D eigenvalue weighted by Crippen LogP contribution is 2.31. The van der Waals surface area contributed by atoms with Crippen LogP contribution in [0.2, 0.25) is 5.02 Å². The van der Waals surface area contributed by atoms with Crippen LogP contribution >= 0.6 is 11.6 Å². The molecule has 0 bridgehead atoms. The van der Waals surface area contributed by atoms with Gasteiger partial charge in [-0.1, -0.05) is 35.9 Å². The van der Waals surface area contributed by atoms with Crippen LogP contribution in [-0.2, 0) is 23.0 Å². The third kappa shape index (κ3) is 4.59. The number of pyridine rings is 1. The fraction of sp³-hybridized carbons (Fsp3) is 0.227. The molecule has 0 aliphatic carbocycles. The van der Waals surface area contributed by atoms with Crippen LogP contribution in [0.25, 0.3) is 0 Å². The summed E-state index contributed by atoms with van der Waals surface area (Å²) in [4.78, 5) is 6.68. The van der Waals surface area contributed by atoms with Crippen LogP contribution in [-0.4, -0.2) is 33.1 Å². The summed E-state index contributed by atoms with van der Waals surface area (Å²) >= 11 is 6.21. The van der Waals surface area contributed by atoms with E-state index >= 15 is 0 Å². The van der Waals surface area contributed by atoms with Gasteiger partial charge in [0, 0.05) is 42.1 Å². The minimum absolute atomic E-state index is 0.257. The van der Waals surface area contributed by atoms with Crippen LogP contribution in [0, 0.1) is 0 Å².